The summed E-state index contributed by atoms with van der Waals surface area (Å²) in [6, 6.07) is 6.66. The molecule has 0 radical (unpaired) electrons. The van der Waals surface area contributed by atoms with E-state index in [4.69, 9.17) is 16.3 Å². The molecule has 1 N–H and O–H groups in total. The average molecular weight is 225 g/mol. The molecule has 1 aromatic heterocycles. The van der Waals surface area contributed by atoms with E-state index in [-0.39, 0.29) is 5.75 Å². The molecule has 0 saturated carbocycles. The van der Waals surface area contributed by atoms with Crippen LogP contribution in [0, 0.1) is 0 Å². The van der Waals surface area contributed by atoms with Crippen molar-refractivity contribution in [3.63, 3.8) is 0 Å². The highest BCUT2D eigenvalue weighted by Crippen LogP contribution is 2.27. The van der Waals surface area contributed by atoms with Crippen LogP contribution in [0.1, 0.15) is 0 Å². The maximum Gasteiger partial charge on any atom is 0.176 e. The zero-order chi connectivity index (χ0) is 10.8. The summed E-state index contributed by atoms with van der Waals surface area (Å²) >= 11 is 6.01. The van der Waals surface area contributed by atoms with Crippen molar-refractivity contribution in [3.05, 3.63) is 35.6 Å². The van der Waals surface area contributed by atoms with E-state index < -0.39 is 0 Å². The number of halogens is 1. The van der Waals surface area contributed by atoms with Crippen molar-refractivity contribution in [2.75, 3.05) is 7.11 Å². The van der Waals surface area contributed by atoms with Crippen LogP contribution in [0.4, 0.5) is 0 Å². The van der Waals surface area contributed by atoms with Gasteiger partial charge in [0.25, 0.3) is 0 Å². The van der Waals surface area contributed by atoms with E-state index >= 15 is 0 Å². The predicted molar refractivity (Wildman–Crippen MR) is 56.8 cm³/mol. The van der Waals surface area contributed by atoms with Gasteiger partial charge < -0.3 is 9.84 Å². The first kappa shape index (κ1) is 9.86. The van der Waals surface area contributed by atoms with Crippen LogP contribution >= 0.6 is 11.6 Å². The van der Waals surface area contributed by atoms with E-state index in [0.29, 0.717) is 16.6 Å². The van der Waals surface area contributed by atoms with Gasteiger partial charge in [0.05, 0.1) is 19.0 Å². The number of aromatic nitrogens is 2. The topological polar surface area (TPSA) is 47.3 Å². The van der Waals surface area contributed by atoms with Gasteiger partial charge in [-0.1, -0.05) is 17.7 Å². The van der Waals surface area contributed by atoms with Crippen LogP contribution in [0.3, 0.4) is 0 Å². The molecule has 0 aliphatic rings. The molecule has 0 spiro atoms. The third-order valence-electron chi connectivity index (χ3n) is 1.97. The molecule has 0 aliphatic heterocycles. The molecule has 4 nitrogen and oxygen atoms in total. The fraction of sp³-hybridized carbons (Fsp3) is 0.100. The van der Waals surface area contributed by atoms with Crippen molar-refractivity contribution >= 4 is 11.6 Å². The molecule has 0 aliphatic carbocycles. The summed E-state index contributed by atoms with van der Waals surface area (Å²) in [4.78, 5) is 0. The number of aromatic hydroxyl groups is 1. The van der Waals surface area contributed by atoms with Gasteiger partial charge in [-0.05, 0) is 12.1 Å². The van der Waals surface area contributed by atoms with Gasteiger partial charge in [0.15, 0.2) is 10.9 Å². The van der Waals surface area contributed by atoms with Crippen molar-refractivity contribution in [1.82, 2.24) is 9.78 Å². The van der Waals surface area contributed by atoms with E-state index in [1.54, 1.807) is 24.3 Å². The summed E-state index contributed by atoms with van der Waals surface area (Å²) in [5.74, 6) is 0.665. The highest BCUT2D eigenvalue weighted by molar-refractivity contribution is 6.31. The second kappa shape index (κ2) is 3.82. The zero-order valence-corrected chi connectivity index (χ0v) is 8.77. The van der Waals surface area contributed by atoms with Gasteiger partial charge in [-0.3, -0.25) is 0 Å². The Morgan fingerprint density at radius 3 is 2.87 bits per heavy atom. The molecular weight excluding hydrogens is 216 g/mol. The summed E-state index contributed by atoms with van der Waals surface area (Å²) in [6.45, 7) is 0. The number of nitrogens with zero attached hydrogens (tertiary/aromatic N) is 2. The largest absolute Gasteiger partial charge is 0.508 e. The van der Waals surface area contributed by atoms with Gasteiger partial charge in [-0.25, -0.2) is 4.68 Å². The Morgan fingerprint density at radius 2 is 2.27 bits per heavy atom. The Kier molecular flexibility index (Phi) is 2.51. The number of phenols is 1. The van der Waals surface area contributed by atoms with Crippen molar-refractivity contribution in [2.24, 2.45) is 0 Å². The van der Waals surface area contributed by atoms with E-state index in [1.165, 1.54) is 18.0 Å². The Labute approximate surface area is 91.7 Å². The van der Waals surface area contributed by atoms with Crippen LogP contribution in [0.2, 0.25) is 5.15 Å². The smallest absolute Gasteiger partial charge is 0.176 e. The van der Waals surface area contributed by atoms with E-state index in [1.807, 2.05) is 0 Å². The fourth-order valence-corrected chi connectivity index (χ4v) is 1.53. The zero-order valence-electron chi connectivity index (χ0n) is 8.01. The van der Waals surface area contributed by atoms with Crippen LogP contribution in [-0.4, -0.2) is 22.0 Å². The molecule has 0 bridgehead atoms. The van der Waals surface area contributed by atoms with Crippen LogP contribution < -0.4 is 4.74 Å². The number of hydrogen-bond donors (Lipinski definition) is 1. The molecule has 2 aromatic rings. The van der Waals surface area contributed by atoms with Gasteiger partial charge in [-0.2, -0.15) is 5.10 Å². The Morgan fingerprint density at radius 1 is 1.47 bits per heavy atom. The summed E-state index contributed by atoms with van der Waals surface area (Å²) < 4.78 is 6.49. The lowest BCUT2D eigenvalue weighted by atomic mass is 10.3. The van der Waals surface area contributed by atoms with Crippen molar-refractivity contribution in [2.45, 2.75) is 0 Å². The number of ether oxygens (including phenoxy) is 1. The quantitative estimate of drug-likeness (QED) is 0.851. The minimum absolute atomic E-state index is 0.165. The van der Waals surface area contributed by atoms with Gasteiger partial charge in [0.2, 0.25) is 0 Å². The lowest BCUT2D eigenvalue weighted by molar-refractivity contribution is 0.415. The van der Waals surface area contributed by atoms with E-state index in [9.17, 15) is 5.11 Å². The molecule has 0 saturated heterocycles. The molecule has 0 atom stereocenters. The monoisotopic (exact) mass is 224 g/mol. The number of benzene rings is 1. The van der Waals surface area contributed by atoms with Crippen molar-refractivity contribution in [1.29, 1.82) is 0 Å². The summed E-state index contributed by atoms with van der Waals surface area (Å²) in [5, 5.41) is 13.7. The standard InChI is InChI=1S/C10H9ClN2O2/c1-15-9-6-12-13(10(9)11)7-3-2-4-8(14)5-7/h2-6,14H,1H3. The first-order chi connectivity index (χ1) is 7.22. The second-order valence-corrected chi connectivity index (χ2v) is 3.29. The maximum absolute atomic E-state index is 9.31. The molecule has 0 amide bonds. The van der Waals surface area contributed by atoms with Crippen LogP contribution in [0.15, 0.2) is 30.5 Å². The Balaban J connectivity index is 2.49. The van der Waals surface area contributed by atoms with Crippen molar-refractivity contribution < 1.29 is 9.84 Å². The highest BCUT2D eigenvalue weighted by Gasteiger charge is 2.10. The summed E-state index contributed by atoms with van der Waals surface area (Å²) in [7, 11) is 1.52. The molecular formula is C10H9ClN2O2. The number of rotatable bonds is 2. The average Bonchev–Trinajstić information content (AvgIpc) is 2.59. The normalized spacial score (nSPS) is 10.3. The van der Waals surface area contributed by atoms with Gasteiger partial charge >= 0.3 is 0 Å². The molecule has 0 fully saturated rings. The molecule has 1 aromatic carbocycles. The van der Waals surface area contributed by atoms with Crippen LogP contribution in [-0.2, 0) is 0 Å². The lowest BCUT2D eigenvalue weighted by Crippen LogP contribution is -1.95. The Bertz CT molecular complexity index is 482. The first-order valence-corrected chi connectivity index (χ1v) is 4.67. The predicted octanol–water partition coefficient (Wildman–Crippen LogP) is 2.24. The van der Waals surface area contributed by atoms with Gasteiger partial charge in [0, 0.05) is 6.07 Å². The molecule has 2 rings (SSSR count). The summed E-state index contributed by atoms with van der Waals surface area (Å²) in [5.41, 5.74) is 0.684. The van der Waals surface area contributed by atoms with Crippen molar-refractivity contribution in [3.8, 4) is 17.2 Å². The van der Waals surface area contributed by atoms with E-state index in [0.717, 1.165) is 0 Å². The van der Waals surface area contributed by atoms with Gasteiger partial charge in [-0.15, -0.1) is 0 Å². The minimum atomic E-state index is 0.165. The van der Waals surface area contributed by atoms with E-state index in [2.05, 4.69) is 5.10 Å². The number of hydrogen-bond acceptors (Lipinski definition) is 3. The van der Waals surface area contributed by atoms with Crippen LogP contribution in [0.25, 0.3) is 5.69 Å². The third kappa shape index (κ3) is 1.76. The van der Waals surface area contributed by atoms with Gasteiger partial charge in [0.1, 0.15) is 5.75 Å². The fourth-order valence-electron chi connectivity index (χ4n) is 1.26. The molecule has 0 unspecified atom stereocenters. The SMILES string of the molecule is COc1cnn(-c2cccc(O)c2)c1Cl. The molecule has 15 heavy (non-hydrogen) atoms. The molecule has 5 heteroatoms. The molecule has 1 heterocycles. The summed E-state index contributed by atoms with van der Waals surface area (Å²) in [6.07, 6.45) is 1.52. The number of phenolic OH excluding ortho intramolecular Hbond substituents is 1. The number of methoxy groups -OCH3 is 1. The second-order valence-electron chi connectivity index (χ2n) is 2.94. The molecule has 78 valence electrons. The minimum Gasteiger partial charge on any atom is -0.508 e. The Hall–Kier alpha value is -1.68. The highest BCUT2D eigenvalue weighted by atomic mass is 35.5. The van der Waals surface area contributed by atoms with Crippen LogP contribution in [0.5, 0.6) is 11.5 Å². The third-order valence-corrected chi connectivity index (χ3v) is 2.32. The first-order valence-electron chi connectivity index (χ1n) is 4.29. The maximum atomic E-state index is 9.31. The lowest BCUT2D eigenvalue weighted by Gasteiger charge is -2.03.